The van der Waals surface area contributed by atoms with Gasteiger partial charge in [-0.15, -0.1) is 11.3 Å². The molecule has 1 aromatic carbocycles. The number of thiazole rings is 1. The highest BCUT2D eigenvalue weighted by atomic mass is 32.1. The molecule has 4 nitrogen and oxygen atoms in total. The van der Waals surface area contributed by atoms with Gasteiger partial charge in [0.15, 0.2) is 5.13 Å². The molecule has 1 fully saturated rings. The Bertz CT molecular complexity index is 573. The number of hydrogen-bond donors (Lipinski definition) is 1. The molecule has 2 N–H and O–H groups in total. The van der Waals surface area contributed by atoms with Crippen LogP contribution >= 0.6 is 11.3 Å². The first-order valence-electron chi connectivity index (χ1n) is 6.86. The van der Waals surface area contributed by atoms with Crippen LogP contribution in [0.2, 0.25) is 0 Å². The number of hydrogen-bond acceptors (Lipinski definition) is 5. The zero-order valence-corrected chi connectivity index (χ0v) is 12.4. The minimum Gasteiger partial charge on any atom is -0.378 e. The summed E-state index contributed by atoms with van der Waals surface area (Å²) in [6.45, 7) is 5.61. The van der Waals surface area contributed by atoms with E-state index in [-0.39, 0.29) is 0 Å². The van der Waals surface area contributed by atoms with E-state index in [1.54, 1.807) is 11.3 Å². The summed E-state index contributed by atoms with van der Waals surface area (Å²) in [5, 5.41) is 0.655. The first kappa shape index (κ1) is 13.4. The summed E-state index contributed by atoms with van der Waals surface area (Å²) in [6, 6.07) is 8.78. The van der Waals surface area contributed by atoms with Crippen molar-refractivity contribution in [2.75, 3.05) is 36.9 Å². The number of morpholine rings is 1. The summed E-state index contributed by atoms with van der Waals surface area (Å²) >= 11 is 1.58. The van der Waals surface area contributed by atoms with Gasteiger partial charge in [0.25, 0.3) is 0 Å². The standard InChI is InChI=1S/C15H19N3OS/c1-11-14(20-15(16)17-11)10-12-2-4-13(5-3-12)18-6-8-19-9-7-18/h2-5H,6-10H2,1H3,(H2,16,17). The van der Waals surface area contributed by atoms with Crippen molar-refractivity contribution in [3.63, 3.8) is 0 Å². The Kier molecular flexibility index (Phi) is 3.89. The molecule has 1 aliphatic rings. The molecule has 0 saturated carbocycles. The molecular weight excluding hydrogens is 270 g/mol. The molecule has 0 radical (unpaired) electrons. The van der Waals surface area contributed by atoms with Crippen molar-refractivity contribution in [2.24, 2.45) is 0 Å². The smallest absolute Gasteiger partial charge is 0.180 e. The Labute approximate surface area is 123 Å². The van der Waals surface area contributed by atoms with Gasteiger partial charge in [-0.2, -0.15) is 0 Å². The van der Waals surface area contributed by atoms with Gasteiger partial charge in [0.1, 0.15) is 0 Å². The summed E-state index contributed by atoms with van der Waals surface area (Å²) < 4.78 is 5.38. The molecule has 1 saturated heterocycles. The van der Waals surface area contributed by atoms with Crippen LogP contribution in [0.25, 0.3) is 0 Å². The number of nitrogen functional groups attached to an aromatic ring is 1. The van der Waals surface area contributed by atoms with Gasteiger partial charge in [-0.1, -0.05) is 12.1 Å². The predicted octanol–water partition coefficient (Wildman–Crippen LogP) is 2.46. The minimum absolute atomic E-state index is 0.655. The monoisotopic (exact) mass is 289 g/mol. The largest absolute Gasteiger partial charge is 0.378 e. The third-order valence-corrected chi connectivity index (χ3v) is 4.57. The van der Waals surface area contributed by atoms with Crippen molar-refractivity contribution in [1.29, 1.82) is 0 Å². The summed E-state index contributed by atoms with van der Waals surface area (Å²) in [4.78, 5) is 7.89. The SMILES string of the molecule is Cc1nc(N)sc1Cc1ccc(N2CCOCC2)cc1. The Balaban J connectivity index is 1.71. The zero-order chi connectivity index (χ0) is 13.9. The van der Waals surface area contributed by atoms with Crippen LogP contribution in [-0.2, 0) is 11.2 Å². The molecule has 0 atom stereocenters. The van der Waals surface area contributed by atoms with Crippen LogP contribution in [0.5, 0.6) is 0 Å². The van der Waals surface area contributed by atoms with Crippen molar-refractivity contribution in [3.05, 3.63) is 40.4 Å². The Morgan fingerprint density at radius 2 is 1.95 bits per heavy atom. The maximum Gasteiger partial charge on any atom is 0.180 e. The van der Waals surface area contributed by atoms with Crippen molar-refractivity contribution in [2.45, 2.75) is 13.3 Å². The molecule has 2 aromatic rings. The minimum atomic E-state index is 0.655. The van der Waals surface area contributed by atoms with E-state index in [0.717, 1.165) is 38.4 Å². The van der Waals surface area contributed by atoms with Gasteiger partial charge in [-0.25, -0.2) is 4.98 Å². The highest BCUT2D eigenvalue weighted by molar-refractivity contribution is 7.15. The van der Waals surface area contributed by atoms with Gasteiger partial charge >= 0.3 is 0 Å². The summed E-state index contributed by atoms with van der Waals surface area (Å²) in [5.41, 5.74) is 9.37. The van der Waals surface area contributed by atoms with Crippen LogP contribution in [0.15, 0.2) is 24.3 Å². The second-order valence-electron chi connectivity index (χ2n) is 5.00. The van der Waals surface area contributed by atoms with Crippen molar-refractivity contribution in [3.8, 4) is 0 Å². The maximum atomic E-state index is 5.74. The van der Waals surface area contributed by atoms with Crippen LogP contribution in [-0.4, -0.2) is 31.3 Å². The van der Waals surface area contributed by atoms with Gasteiger partial charge in [0.05, 0.1) is 18.9 Å². The first-order chi connectivity index (χ1) is 9.72. The average molecular weight is 289 g/mol. The third kappa shape index (κ3) is 2.94. The van der Waals surface area contributed by atoms with Crippen LogP contribution in [0.3, 0.4) is 0 Å². The highest BCUT2D eigenvalue weighted by Gasteiger charge is 2.11. The van der Waals surface area contributed by atoms with Crippen LogP contribution in [0, 0.1) is 6.92 Å². The molecule has 3 rings (SSSR count). The quantitative estimate of drug-likeness (QED) is 0.943. The van der Waals surface area contributed by atoms with E-state index in [4.69, 9.17) is 10.5 Å². The van der Waals surface area contributed by atoms with Crippen molar-refractivity contribution in [1.82, 2.24) is 4.98 Å². The molecule has 0 aliphatic carbocycles. The van der Waals surface area contributed by atoms with Gasteiger partial charge < -0.3 is 15.4 Å². The molecule has 1 aromatic heterocycles. The molecule has 106 valence electrons. The second kappa shape index (κ2) is 5.81. The average Bonchev–Trinajstić information content (AvgIpc) is 2.79. The number of benzene rings is 1. The van der Waals surface area contributed by atoms with Gasteiger partial charge in [-0.3, -0.25) is 0 Å². The predicted molar refractivity (Wildman–Crippen MR) is 83.5 cm³/mol. The van der Waals surface area contributed by atoms with E-state index in [9.17, 15) is 0 Å². The number of aromatic nitrogens is 1. The van der Waals surface area contributed by atoms with Gasteiger partial charge in [0.2, 0.25) is 0 Å². The Morgan fingerprint density at radius 3 is 2.55 bits per heavy atom. The number of aryl methyl sites for hydroxylation is 1. The fourth-order valence-corrected chi connectivity index (χ4v) is 3.31. The summed E-state index contributed by atoms with van der Waals surface area (Å²) in [6.07, 6.45) is 0.907. The lowest BCUT2D eigenvalue weighted by Crippen LogP contribution is -2.36. The molecule has 0 unspecified atom stereocenters. The molecule has 2 heterocycles. The van der Waals surface area contributed by atoms with E-state index < -0.39 is 0 Å². The second-order valence-corrected chi connectivity index (χ2v) is 6.12. The van der Waals surface area contributed by atoms with Crippen LogP contribution in [0.4, 0.5) is 10.8 Å². The number of rotatable bonds is 3. The normalized spacial score (nSPS) is 15.6. The summed E-state index contributed by atoms with van der Waals surface area (Å²) in [7, 11) is 0. The molecule has 0 bridgehead atoms. The maximum absolute atomic E-state index is 5.74. The van der Waals surface area contributed by atoms with Gasteiger partial charge in [0, 0.05) is 30.1 Å². The third-order valence-electron chi connectivity index (χ3n) is 3.59. The number of anilines is 2. The van der Waals surface area contributed by atoms with E-state index in [2.05, 4.69) is 34.1 Å². The fourth-order valence-electron chi connectivity index (χ4n) is 2.45. The molecule has 0 spiro atoms. The van der Waals surface area contributed by atoms with Crippen molar-refractivity contribution >= 4 is 22.2 Å². The van der Waals surface area contributed by atoms with Gasteiger partial charge in [-0.05, 0) is 24.6 Å². The summed E-state index contributed by atoms with van der Waals surface area (Å²) in [5.74, 6) is 0. The van der Waals surface area contributed by atoms with Crippen LogP contribution < -0.4 is 10.6 Å². The lowest BCUT2D eigenvalue weighted by molar-refractivity contribution is 0.122. The number of nitrogens with two attached hydrogens (primary N) is 1. The van der Waals surface area contributed by atoms with E-state index in [0.29, 0.717) is 5.13 Å². The van der Waals surface area contributed by atoms with E-state index >= 15 is 0 Å². The lowest BCUT2D eigenvalue weighted by Gasteiger charge is -2.28. The Morgan fingerprint density at radius 1 is 1.25 bits per heavy atom. The molecular formula is C15H19N3OS. The first-order valence-corrected chi connectivity index (χ1v) is 7.67. The van der Waals surface area contributed by atoms with E-state index in [1.807, 2.05) is 6.92 Å². The number of ether oxygens (including phenoxy) is 1. The Hall–Kier alpha value is -1.59. The van der Waals surface area contributed by atoms with Crippen LogP contribution in [0.1, 0.15) is 16.1 Å². The zero-order valence-electron chi connectivity index (χ0n) is 11.6. The fraction of sp³-hybridized carbons (Fsp3) is 0.400. The highest BCUT2D eigenvalue weighted by Crippen LogP contribution is 2.24. The van der Waals surface area contributed by atoms with Crippen molar-refractivity contribution < 1.29 is 4.74 Å². The lowest BCUT2D eigenvalue weighted by atomic mass is 10.1. The molecule has 0 amide bonds. The molecule has 20 heavy (non-hydrogen) atoms. The molecule has 5 heteroatoms. The topological polar surface area (TPSA) is 51.4 Å². The number of nitrogens with zero attached hydrogens (tertiary/aromatic N) is 2. The van der Waals surface area contributed by atoms with E-state index in [1.165, 1.54) is 16.1 Å². The molecule has 1 aliphatic heterocycles.